The van der Waals surface area contributed by atoms with Gasteiger partial charge >= 0.3 is 0 Å². The maximum absolute atomic E-state index is 2.40. The van der Waals surface area contributed by atoms with Gasteiger partial charge in [0, 0.05) is 0 Å². The third-order valence-corrected chi connectivity index (χ3v) is 4.98. The van der Waals surface area contributed by atoms with E-state index in [0.29, 0.717) is 0 Å². The summed E-state index contributed by atoms with van der Waals surface area (Å²) in [5.41, 5.74) is 0. The van der Waals surface area contributed by atoms with Gasteiger partial charge in [0.2, 0.25) is 0 Å². The van der Waals surface area contributed by atoms with E-state index < -0.39 is 0 Å². The van der Waals surface area contributed by atoms with E-state index in [1.165, 1.54) is 25.7 Å². The van der Waals surface area contributed by atoms with Gasteiger partial charge in [0.15, 0.2) is 0 Å². The van der Waals surface area contributed by atoms with E-state index in [9.17, 15) is 0 Å². The second-order valence-corrected chi connectivity index (χ2v) is 5.54. The molecule has 0 heteroatoms. The van der Waals surface area contributed by atoms with Crippen LogP contribution in [0.5, 0.6) is 0 Å². The Morgan fingerprint density at radius 1 is 0.857 bits per heavy atom. The molecule has 2 bridgehead atoms. The monoisotopic (exact) mass is 194 g/mol. The minimum atomic E-state index is 1.05. The average molecular weight is 194 g/mol. The second kappa shape index (κ2) is 4.68. The molecule has 0 unspecified atom stereocenters. The first-order valence-corrected chi connectivity index (χ1v) is 6.86. The second-order valence-electron chi connectivity index (χ2n) is 5.54. The lowest BCUT2D eigenvalue weighted by atomic mass is 9.59. The molecule has 0 atom stereocenters. The van der Waals surface area contributed by atoms with E-state index in [1.807, 2.05) is 0 Å². The van der Waals surface area contributed by atoms with Crippen LogP contribution in [-0.2, 0) is 0 Å². The van der Waals surface area contributed by atoms with Crippen LogP contribution >= 0.6 is 0 Å². The van der Waals surface area contributed by atoms with Crippen molar-refractivity contribution < 1.29 is 0 Å². The minimum absolute atomic E-state index is 1.05. The van der Waals surface area contributed by atoms with Gasteiger partial charge in [-0.25, -0.2) is 0 Å². The lowest BCUT2D eigenvalue weighted by Crippen LogP contribution is -2.37. The normalized spacial score (nSPS) is 37.5. The molecule has 0 aliphatic heterocycles. The molecular weight excluding hydrogens is 168 g/mol. The summed E-state index contributed by atoms with van der Waals surface area (Å²) < 4.78 is 0. The molecule has 2 rings (SSSR count). The van der Waals surface area contributed by atoms with E-state index >= 15 is 0 Å². The Morgan fingerprint density at radius 2 is 1.29 bits per heavy atom. The summed E-state index contributed by atoms with van der Waals surface area (Å²) in [5, 5.41) is 0. The zero-order valence-corrected chi connectivity index (χ0v) is 9.97. The van der Waals surface area contributed by atoms with E-state index in [2.05, 4.69) is 13.8 Å². The summed E-state index contributed by atoms with van der Waals surface area (Å²) >= 11 is 0. The van der Waals surface area contributed by atoms with Gasteiger partial charge in [-0.1, -0.05) is 65.2 Å². The van der Waals surface area contributed by atoms with Gasteiger partial charge in [0.05, 0.1) is 0 Å². The topological polar surface area (TPSA) is 0 Å². The zero-order valence-electron chi connectivity index (χ0n) is 9.97. The highest BCUT2D eigenvalue weighted by atomic mass is 14.4. The maximum atomic E-state index is 2.40. The van der Waals surface area contributed by atoms with Crippen LogP contribution in [0.3, 0.4) is 0 Å². The number of rotatable bonds is 3. The fraction of sp³-hybridized carbons (Fsp3) is 1.00. The molecule has 0 radical (unpaired) electrons. The van der Waals surface area contributed by atoms with Crippen molar-refractivity contribution in [1.29, 1.82) is 0 Å². The first kappa shape index (κ1) is 10.5. The standard InChI is InChI=1S/C14H26/c1-3-11(4-2)14-12-7-5-8-13(14)10-6-9-12/h11-14H,3-10H2,1-2H3. The van der Waals surface area contributed by atoms with Crippen LogP contribution < -0.4 is 0 Å². The van der Waals surface area contributed by atoms with Crippen molar-refractivity contribution >= 4 is 0 Å². The van der Waals surface area contributed by atoms with Crippen molar-refractivity contribution in [2.24, 2.45) is 23.7 Å². The van der Waals surface area contributed by atoms with Crippen molar-refractivity contribution in [1.82, 2.24) is 0 Å². The van der Waals surface area contributed by atoms with E-state index in [-0.39, 0.29) is 0 Å². The Kier molecular flexibility index (Phi) is 3.52. The van der Waals surface area contributed by atoms with Gasteiger partial charge in [0.1, 0.15) is 0 Å². The van der Waals surface area contributed by atoms with E-state index in [1.54, 1.807) is 25.7 Å². The van der Waals surface area contributed by atoms with Gasteiger partial charge in [-0.2, -0.15) is 0 Å². The SMILES string of the molecule is CCC(CC)C1C2CCCC1CCC2. The smallest absolute Gasteiger partial charge is 0.0329 e. The Hall–Kier alpha value is 0. The summed E-state index contributed by atoms with van der Waals surface area (Å²) in [6.45, 7) is 4.80. The molecule has 2 fully saturated rings. The Bertz CT molecular complexity index is 144. The maximum Gasteiger partial charge on any atom is -0.0329 e. The van der Waals surface area contributed by atoms with Crippen LogP contribution in [0.15, 0.2) is 0 Å². The number of fused-ring (bicyclic) bond motifs is 2. The highest BCUT2D eigenvalue weighted by molar-refractivity contribution is 4.89. The summed E-state index contributed by atoms with van der Waals surface area (Å²) in [6, 6.07) is 0. The van der Waals surface area contributed by atoms with Gasteiger partial charge in [0.25, 0.3) is 0 Å². The van der Waals surface area contributed by atoms with Crippen molar-refractivity contribution in [3.05, 3.63) is 0 Å². The molecule has 2 saturated carbocycles. The van der Waals surface area contributed by atoms with E-state index in [4.69, 9.17) is 0 Å². The molecule has 0 aromatic carbocycles. The van der Waals surface area contributed by atoms with Crippen molar-refractivity contribution in [3.8, 4) is 0 Å². The first-order valence-electron chi connectivity index (χ1n) is 6.86. The summed E-state index contributed by atoms with van der Waals surface area (Å²) in [5.74, 6) is 4.40. The summed E-state index contributed by atoms with van der Waals surface area (Å²) in [6.07, 6.45) is 12.1. The zero-order chi connectivity index (χ0) is 9.97. The fourth-order valence-electron chi connectivity index (χ4n) is 4.33. The number of hydrogen-bond acceptors (Lipinski definition) is 0. The molecule has 2 aliphatic carbocycles. The van der Waals surface area contributed by atoms with Crippen molar-refractivity contribution in [2.75, 3.05) is 0 Å². The molecule has 0 nitrogen and oxygen atoms in total. The molecular formula is C14H26. The Balaban J connectivity index is 2.07. The fourth-order valence-corrected chi connectivity index (χ4v) is 4.33. The lowest BCUT2D eigenvalue weighted by molar-refractivity contribution is 0.0407. The minimum Gasteiger partial charge on any atom is -0.0651 e. The average Bonchev–Trinajstić information content (AvgIpc) is 2.19. The van der Waals surface area contributed by atoms with Gasteiger partial charge in [-0.3, -0.25) is 0 Å². The lowest BCUT2D eigenvalue weighted by Gasteiger charge is -2.46. The van der Waals surface area contributed by atoms with E-state index in [0.717, 1.165) is 23.7 Å². The molecule has 0 saturated heterocycles. The van der Waals surface area contributed by atoms with Crippen molar-refractivity contribution in [2.45, 2.75) is 65.2 Å². The van der Waals surface area contributed by atoms with Crippen molar-refractivity contribution in [3.63, 3.8) is 0 Å². The molecule has 82 valence electrons. The van der Waals surface area contributed by atoms with Gasteiger partial charge in [-0.15, -0.1) is 0 Å². The highest BCUT2D eigenvalue weighted by Crippen LogP contribution is 2.49. The van der Waals surface area contributed by atoms with Gasteiger partial charge < -0.3 is 0 Å². The molecule has 0 heterocycles. The highest BCUT2D eigenvalue weighted by Gasteiger charge is 2.39. The van der Waals surface area contributed by atoms with Crippen LogP contribution in [0.2, 0.25) is 0 Å². The predicted octanol–water partition coefficient (Wildman–Crippen LogP) is 4.64. The van der Waals surface area contributed by atoms with Crippen LogP contribution in [0.4, 0.5) is 0 Å². The summed E-state index contributed by atoms with van der Waals surface area (Å²) in [4.78, 5) is 0. The molecule has 2 aliphatic rings. The van der Waals surface area contributed by atoms with Crippen LogP contribution in [-0.4, -0.2) is 0 Å². The van der Waals surface area contributed by atoms with Crippen LogP contribution in [0.25, 0.3) is 0 Å². The first-order chi connectivity index (χ1) is 6.86. The molecule has 0 amide bonds. The molecule has 0 spiro atoms. The summed E-state index contributed by atoms with van der Waals surface area (Å²) in [7, 11) is 0. The molecule has 0 N–H and O–H groups in total. The number of hydrogen-bond donors (Lipinski definition) is 0. The third-order valence-electron chi connectivity index (χ3n) is 4.98. The Labute approximate surface area is 89.5 Å². The molecule has 0 aromatic rings. The van der Waals surface area contributed by atoms with Gasteiger partial charge in [-0.05, 0) is 23.7 Å². The van der Waals surface area contributed by atoms with Crippen LogP contribution in [0.1, 0.15) is 65.2 Å². The largest absolute Gasteiger partial charge is 0.0651 e. The Morgan fingerprint density at radius 3 is 1.64 bits per heavy atom. The molecule has 0 aromatic heterocycles. The molecule has 14 heavy (non-hydrogen) atoms. The van der Waals surface area contributed by atoms with Crippen LogP contribution in [0, 0.1) is 23.7 Å². The third kappa shape index (κ3) is 1.85. The predicted molar refractivity (Wildman–Crippen MR) is 62.2 cm³/mol. The quantitative estimate of drug-likeness (QED) is 0.614.